The van der Waals surface area contributed by atoms with Gasteiger partial charge in [-0.15, -0.1) is 0 Å². The van der Waals surface area contributed by atoms with Crippen LogP contribution in [0.4, 0.5) is 8.78 Å². The van der Waals surface area contributed by atoms with Crippen molar-refractivity contribution in [2.75, 3.05) is 42.3 Å². The average molecular weight is 291 g/mol. The Balaban J connectivity index is 0. The van der Waals surface area contributed by atoms with E-state index >= 15 is 0 Å². The van der Waals surface area contributed by atoms with E-state index in [-0.39, 0.29) is 11.5 Å². The molecule has 0 N–H and O–H groups in total. The Morgan fingerprint density at radius 1 is 1.06 bits per heavy atom. The van der Waals surface area contributed by atoms with Crippen molar-refractivity contribution in [2.24, 2.45) is 0 Å². The van der Waals surface area contributed by atoms with E-state index in [4.69, 9.17) is 0 Å². The summed E-state index contributed by atoms with van der Waals surface area (Å²) in [6.07, 6.45) is 0. The molecule has 0 heterocycles. The van der Waals surface area contributed by atoms with Crippen LogP contribution in [0.25, 0.3) is 0 Å². The molecule has 0 rings (SSSR count). The van der Waals surface area contributed by atoms with E-state index in [9.17, 15) is 18.0 Å². The Kier molecular flexibility index (Phi) is 10.9. The van der Waals surface area contributed by atoms with Crippen LogP contribution in [0.5, 0.6) is 0 Å². The molecule has 0 saturated heterocycles. The molecule has 0 saturated carbocycles. The molecule has 0 radical (unpaired) electrons. The van der Waals surface area contributed by atoms with Crippen molar-refractivity contribution in [3.63, 3.8) is 0 Å². The van der Waals surface area contributed by atoms with Gasteiger partial charge in [-0.1, -0.05) is 12.9 Å². The third kappa shape index (κ3) is 12.0. The van der Waals surface area contributed by atoms with Crippen LogP contribution >= 0.6 is 0 Å². The standard InChI is InChI=1S/C6H18N3S.CHF2O3Si/c1-7(2)10(8(3)4)9(5)6;2-1(3)6-7(4)5/h1-6H3;1H/q+1;-1. The summed E-state index contributed by atoms with van der Waals surface area (Å²) in [5, 5.41) is 0. The van der Waals surface area contributed by atoms with Crippen molar-refractivity contribution in [3.05, 3.63) is 0 Å². The zero-order chi connectivity index (χ0) is 14.2. The van der Waals surface area contributed by atoms with Crippen molar-refractivity contribution in [3.8, 4) is 0 Å². The molecule has 0 fully saturated rings. The van der Waals surface area contributed by atoms with Crippen molar-refractivity contribution >= 4 is 20.6 Å². The lowest BCUT2D eigenvalue weighted by Crippen LogP contribution is -2.44. The normalized spacial score (nSPS) is 11.1. The highest BCUT2D eigenvalue weighted by atomic mass is 32.2. The van der Waals surface area contributed by atoms with Crippen molar-refractivity contribution < 1.29 is 22.5 Å². The van der Waals surface area contributed by atoms with Gasteiger partial charge < -0.3 is 13.7 Å². The van der Waals surface area contributed by atoms with E-state index < -0.39 is 15.8 Å². The van der Waals surface area contributed by atoms with Gasteiger partial charge in [0.15, 0.2) is 0 Å². The molecule has 0 aliphatic heterocycles. The molecule has 0 aromatic rings. The molecule has 0 bridgehead atoms. The maximum absolute atomic E-state index is 10.7. The predicted molar refractivity (Wildman–Crippen MR) is 62.0 cm³/mol. The highest BCUT2D eigenvalue weighted by molar-refractivity contribution is 7.90. The van der Waals surface area contributed by atoms with Gasteiger partial charge in [0.25, 0.3) is 11.5 Å². The second kappa shape index (κ2) is 9.71. The van der Waals surface area contributed by atoms with Gasteiger partial charge in [-0.2, -0.15) is 8.78 Å². The fourth-order valence-corrected chi connectivity index (χ4v) is 3.16. The predicted octanol–water partition coefficient (Wildman–Crippen LogP) is -0.964. The Morgan fingerprint density at radius 2 is 1.35 bits per heavy atom. The topological polar surface area (TPSA) is 59.1 Å². The smallest absolute Gasteiger partial charge is 0.417 e. The minimum atomic E-state index is -3.68. The molecule has 0 aliphatic rings. The van der Waals surface area contributed by atoms with Crippen LogP contribution in [-0.4, -0.2) is 71.0 Å². The second-order valence-electron chi connectivity index (χ2n) is 3.31. The fraction of sp³-hybridized carbons (Fsp3) is 1.00. The number of hydrogen-bond donors (Lipinski definition) is 0. The lowest BCUT2D eigenvalue weighted by Gasteiger charge is -2.20. The highest BCUT2D eigenvalue weighted by Gasteiger charge is 2.29. The summed E-state index contributed by atoms with van der Waals surface area (Å²) in [6, 6.07) is 0. The monoisotopic (exact) mass is 291 g/mol. The van der Waals surface area contributed by atoms with Gasteiger partial charge in [-0.05, 0) is 0 Å². The van der Waals surface area contributed by atoms with Crippen LogP contribution in [0.15, 0.2) is 0 Å². The van der Waals surface area contributed by atoms with Gasteiger partial charge >= 0.3 is 15.8 Å². The second-order valence-corrected chi connectivity index (χ2v) is 6.73. The Morgan fingerprint density at radius 3 is 1.35 bits per heavy atom. The zero-order valence-electron chi connectivity index (χ0n) is 10.8. The van der Waals surface area contributed by atoms with Gasteiger partial charge in [0, 0.05) is 42.3 Å². The van der Waals surface area contributed by atoms with Crippen LogP contribution in [0, 0.1) is 0 Å². The number of halogens is 2. The van der Waals surface area contributed by atoms with E-state index in [1.807, 2.05) is 0 Å². The first-order valence-electron chi connectivity index (χ1n) is 4.52. The highest BCUT2D eigenvalue weighted by Crippen LogP contribution is 2.05. The van der Waals surface area contributed by atoms with Crippen LogP contribution < -0.4 is 4.80 Å². The third-order valence-corrected chi connectivity index (χ3v) is 3.50. The van der Waals surface area contributed by atoms with E-state index in [0.717, 1.165) is 0 Å². The quantitative estimate of drug-likeness (QED) is 0.480. The van der Waals surface area contributed by atoms with Gasteiger partial charge in [0.05, 0.1) is 0 Å². The Hall–Kier alpha value is -0.293. The summed E-state index contributed by atoms with van der Waals surface area (Å²) in [7, 11) is 8.83. The summed E-state index contributed by atoms with van der Waals surface area (Å²) >= 11 is 0.120. The molecular weight excluding hydrogens is 272 g/mol. The molecule has 0 aliphatic carbocycles. The lowest BCUT2D eigenvalue weighted by molar-refractivity contribution is -0.250. The van der Waals surface area contributed by atoms with Gasteiger partial charge in [0.2, 0.25) is 0 Å². The summed E-state index contributed by atoms with van der Waals surface area (Å²) in [5.74, 6) is 0. The van der Waals surface area contributed by atoms with Gasteiger partial charge in [-0.25, -0.2) is 0 Å². The van der Waals surface area contributed by atoms with Crippen molar-refractivity contribution in [1.29, 1.82) is 0 Å². The number of alkyl halides is 2. The van der Waals surface area contributed by atoms with Crippen molar-refractivity contribution in [1.82, 2.24) is 12.9 Å². The Bertz CT molecular complexity index is 204. The molecule has 0 spiro atoms. The largest absolute Gasteiger partial charge is 0.536 e. The third-order valence-electron chi connectivity index (χ3n) is 1.17. The SMILES string of the molecule is CN(C)[S+](N(C)C)N(C)C.O=[Si]([O-])OC(F)F. The summed E-state index contributed by atoms with van der Waals surface area (Å²) in [4.78, 5) is 9.18. The molecule has 0 unspecified atom stereocenters. The number of hydrogen-bond acceptors (Lipinski definition) is 6. The van der Waals surface area contributed by atoms with Crippen LogP contribution in [0.3, 0.4) is 0 Å². The first-order valence-corrected chi connectivity index (χ1v) is 6.84. The molecule has 0 aromatic heterocycles. The minimum absolute atomic E-state index is 0.120. The number of nitrogens with zero attached hydrogens (tertiary/aromatic N) is 3. The van der Waals surface area contributed by atoms with E-state index in [2.05, 4.69) is 59.6 Å². The van der Waals surface area contributed by atoms with E-state index in [1.54, 1.807) is 0 Å². The zero-order valence-corrected chi connectivity index (χ0v) is 12.6. The molecule has 6 nitrogen and oxygen atoms in total. The maximum atomic E-state index is 10.7. The van der Waals surface area contributed by atoms with E-state index in [0.29, 0.717) is 0 Å². The maximum Gasteiger partial charge on any atom is 0.417 e. The summed E-state index contributed by atoms with van der Waals surface area (Å²) in [6.45, 7) is -3.20. The molecule has 0 aromatic carbocycles. The molecule has 0 atom stereocenters. The fourth-order valence-electron chi connectivity index (χ4n) is 1.05. The summed E-state index contributed by atoms with van der Waals surface area (Å²) in [5.41, 5.74) is 0. The van der Waals surface area contributed by atoms with Crippen LogP contribution in [0.2, 0.25) is 0 Å². The molecule has 0 amide bonds. The van der Waals surface area contributed by atoms with Crippen LogP contribution in [-0.2, 0) is 20.3 Å². The first-order chi connectivity index (χ1) is 7.59. The molecule has 104 valence electrons. The van der Waals surface area contributed by atoms with E-state index in [1.165, 1.54) is 0 Å². The average Bonchev–Trinajstić information content (AvgIpc) is 1.97. The minimum Gasteiger partial charge on any atom is -0.536 e. The molecule has 10 heteroatoms. The number of rotatable bonds is 5. The Labute approximate surface area is 105 Å². The van der Waals surface area contributed by atoms with Gasteiger partial charge in [-0.3, -0.25) is 0 Å². The van der Waals surface area contributed by atoms with Crippen molar-refractivity contribution in [2.45, 2.75) is 6.61 Å². The van der Waals surface area contributed by atoms with Crippen LogP contribution in [0.1, 0.15) is 0 Å². The first kappa shape index (κ1) is 19.1. The molecular formula is C7H19F2N3O3SSi. The van der Waals surface area contributed by atoms with Gasteiger partial charge in [0.1, 0.15) is 0 Å². The summed E-state index contributed by atoms with van der Waals surface area (Å²) < 4.78 is 40.0. The molecule has 17 heavy (non-hydrogen) atoms. The lowest BCUT2D eigenvalue weighted by atomic mass is 11.2.